The molecule has 0 saturated heterocycles. The highest BCUT2D eigenvalue weighted by atomic mass is 16.5. The van der Waals surface area contributed by atoms with Crippen molar-refractivity contribution in [3.8, 4) is 0 Å². The molecule has 64 valence electrons. The highest BCUT2D eigenvalue weighted by Crippen LogP contribution is 2.11. The number of aliphatic hydroxyl groups excluding tert-OH is 1. The molecule has 0 aromatic carbocycles. The fourth-order valence-corrected chi connectivity index (χ4v) is 0.807. The number of hydrogen-bond acceptors (Lipinski definition) is 4. The van der Waals surface area contributed by atoms with E-state index in [-0.39, 0.29) is 11.6 Å². The van der Waals surface area contributed by atoms with Gasteiger partial charge in [0.1, 0.15) is 17.5 Å². The third kappa shape index (κ3) is 1.50. The molecule has 0 spiro atoms. The van der Waals surface area contributed by atoms with Crippen molar-refractivity contribution >= 4 is 18.0 Å². The van der Waals surface area contributed by atoms with E-state index in [4.69, 9.17) is 10.5 Å². The van der Waals surface area contributed by atoms with Crippen molar-refractivity contribution in [3.63, 3.8) is 0 Å². The molecule has 0 amide bonds. The maximum absolute atomic E-state index is 10.9. The van der Waals surface area contributed by atoms with Gasteiger partial charge in [0.25, 0.3) is 0 Å². The van der Waals surface area contributed by atoms with Crippen molar-refractivity contribution in [3.05, 3.63) is 11.8 Å². The lowest BCUT2D eigenvalue weighted by Gasteiger charge is -2.11. The Morgan fingerprint density at radius 3 is 3.00 bits per heavy atom. The predicted molar refractivity (Wildman–Crippen MR) is 42.4 cm³/mol. The van der Waals surface area contributed by atoms with Gasteiger partial charge >= 0.3 is 5.97 Å². The van der Waals surface area contributed by atoms with Crippen LogP contribution in [0.15, 0.2) is 16.8 Å². The molecule has 1 atom stereocenters. The number of esters is 1. The molecular weight excluding hydrogens is 160 g/mol. The van der Waals surface area contributed by atoms with Crippen molar-refractivity contribution < 1.29 is 14.6 Å². The van der Waals surface area contributed by atoms with E-state index in [9.17, 15) is 4.79 Å². The van der Waals surface area contributed by atoms with Crippen LogP contribution in [0.25, 0.3) is 0 Å². The van der Waals surface area contributed by atoms with Gasteiger partial charge in [0.2, 0.25) is 0 Å². The van der Waals surface area contributed by atoms with Gasteiger partial charge in [-0.25, -0.2) is 4.99 Å². The maximum atomic E-state index is 10.9. The zero-order chi connectivity index (χ0) is 9.14. The van der Waals surface area contributed by atoms with E-state index in [1.807, 2.05) is 0 Å². The van der Waals surface area contributed by atoms with E-state index in [1.54, 1.807) is 0 Å². The monoisotopic (exact) mass is 168 g/mol. The second kappa shape index (κ2) is 3.17. The third-order valence-corrected chi connectivity index (χ3v) is 1.42. The number of hydrogen-bond donors (Lipinski definition) is 2. The minimum atomic E-state index is -0.857. The number of ether oxygens (including phenoxy) is 1. The van der Waals surface area contributed by atoms with Gasteiger partial charge in [0, 0.05) is 12.3 Å². The van der Waals surface area contributed by atoms with Crippen LogP contribution in [0.4, 0.5) is 0 Å². The molecule has 1 unspecified atom stereocenters. The molecule has 1 aliphatic rings. The molecule has 2 N–H and O–H groups in total. The van der Waals surface area contributed by atoms with Crippen LogP contribution < -0.4 is 0 Å². The summed E-state index contributed by atoms with van der Waals surface area (Å²) in [6.45, 7) is 0. The Labute approximate surface area is 68.9 Å². The van der Waals surface area contributed by atoms with Crippen LogP contribution in [0.2, 0.25) is 0 Å². The summed E-state index contributed by atoms with van der Waals surface area (Å²) in [4.78, 5) is 14.5. The zero-order valence-corrected chi connectivity index (χ0v) is 6.44. The number of amidine groups is 1. The summed E-state index contributed by atoms with van der Waals surface area (Å²) in [7, 11) is 1.23. The Bertz CT molecular complexity index is 280. The highest BCUT2D eigenvalue weighted by Gasteiger charge is 2.24. The standard InChI is InChI=1S/C7H8N2O3/c1-12-7(11)4-3-9-6(8)2-5(4)10/h2-4,8,10H,1H3. The van der Waals surface area contributed by atoms with Crippen molar-refractivity contribution in [1.29, 1.82) is 5.41 Å². The Hall–Kier alpha value is -1.65. The van der Waals surface area contributed by atoms with Gasteiger partial charge in [0.05, 0.1) is 7.11 Å². The van der Waals surface area contributed by atoms with Gasteiger partial charge < -0.3 is 9.84 Å². The lowest BCUT2D eigenvalue weighted by Crippen LogP contribution is -2.23. The van der Waals surface area contributed by atoms with E-state index >= 15 is 0 Å². The molecule has 0 saturated carbocycles. The normalized spacial score (nSPS) is 21.9. The molecule has 1 rings (SSSR count). The second-order valence-electron chi connectivity index (χ2n) is 2.23. The smallest absolute Gasteiger partial charge is 0.321 e. The lowest BCUT2D eigenvalue weighted by molar-refractivity contribution is -0.142. The average Bonchev–Trinajstić information content (AvgIpc) is 2.03. The minimum Gasteiger partial charge on any atom is -0.511 e. The molecule has 5 heteroatoms. The summed E-state index contributed by atoms with van der Waals surface area (Å²) >= 11 is 0. The first-order valence-electron chi connectivity index (χ1n) is 3.26. The molecule has 0 aromatic rings. The molecule has 1 heterocycles. The Morgan fingerprint density at radius 2 is 2.50 bits per heavy atom. The fraction of sp³-hybridized carbons (Fsp3) is 0.286. The van der Waals surface area contributed by atoms with Crippen LogP contribution in [-0.4, -0.2) is 30.2 Å². The fourth-order valence-electron chi connectivity index (χ4n) is 0.807. The van der Waals surface area contributed by atoms with Crippen LogP contribution in [-0.2, 0) is 9.53 Å². The molecule has 0 bridgehead atoms. The Balaban J connectivity index is 2.82. The molecular formula is C7H8N2O3. The average molecular weight is 168 g/mol. The number of carbonyl (C=O) groups excluding carboxylic acids is 1. The zero-order valence-electron chi connectivity index (χ0n) is 6.44. The number of nitrogens with one attached hydrogen (secondary N) is 1. The number of methoxy groups -OCH3 is 1. The first-order chi connectivity index (χ1) is 5.65. The van der Waals surface area contributed by atoms with Gasteiger partial charge in [-0.15, -0.1) is 0 Å². The van der Waals surface area contributed by atoms with Crippen LogP contribution in [0.1, 0.15) is 0 Å². The predicted octanol–water partition coefficient (Wildman–Crippen LogP) is 0.279. The number of aliphatic hydroxyl groups is 1. The van der Waals surface area contributed by atoms with E-state index in [2.05, 4.69) is 9.73 Å². The van der Waals surface area contributed by atoms with E-state index in [0.29, 0.717) is 0 Å². The van der Waals surface area contributed by atoms with Crippen LogP contribution in [0.5, 0.6) is 0 Å². The molecule has 0 aromatic heterocycles. The Kier molecular flexibility index (Phi) is 2.23. The van der Waals surface area contributed by atoms with Crippen molar-refractivity contribution in [2.75, 3.05) is 7.11 Å². The minimum absolute atomic E-state index is 0.0762. The van der Waals surface area contributed by atoms with Crippen LogP contribution in [0.3, 0.4) is 0 Å². The number of carbonyl (C=O) groups is 1. The first kappa shape index (κ1) is 8.45. The quantitative estimate of drug-likeness (QED) is 0.551. The van der Waals surface area contributed by atoms with Crippen molar-refractivity contribution in [2.45, 2.75) is 0 Å². The molecule has 1 aliphatic heterocycles. The first-order valence-corrected chi connectivity index (χ1v) is 3.26. The third-order valence-electron chi connectivity index (χ3n) is 1.42. The van der Waals surface area contributed by atoms with Gasteiger partial charge in [-0.05, 0) is 0 Å². The van der Waals surface area contributed by atoms with E-state index in [0.717, 1.165) is 6.08 Å². The topological polar surface area (TPSA) is 82.7 Å². The molecule has 0 fully saturated rings. The van der Waals surface area contributed by atoms with Gasteiger partial charge in [-0.2, -0.15) is 0 Å². The lowest BCUT2D eigenvalue weighted by atomic mass is 10.1. The Morgan fingerprint density at radius 1 is 1.83 bits per heavy atom. The number of rotatable bonds is 1. The number of nitrogens with zero attached hydrogens (tertiary/aromatic N) is 1. The van der Waals surface area contributed by atoms with Gasteiger partial charge in [-0.3, -0.25) is 10.2 Å². The molecule has 12 heavy (non-hydrogen) atoms. The summed E-state index contributed by atoms with van der Waals surface area (Å²) in [6.07, 6.45) is 2.30. The summed E-state index contributed by atoms with van der Waals surface area (Å²) in [5.41, 5.74) is 0. The maximum Gasteiger partial charge on any atom is 0.321 e. The highest BCUT2D eigenvalue weighted by molar-refractivity contribution is 6.05. The second-order valence-corrected chi connectivity index (χ2v) is 2.23. The van der Waals surface area contributed by atoms with Crippen LogP contribution >= 0.6 is 0 Å². The van der Waals surface area contributed by atoms with E-state index < -0.39 is 11.9 Å². The summed E-state index contributed by atoms with van der Waals surface area (Å²) in [5.74, 6) is -1.72. The molecule has 0 radical (unpaired) electrons. The summed E-state index contributed by atoms with van der Waals surface area (Å²) in [5, 5.41) is 16.2. The van der Waals surface area contributed by atoms with Crippen LogP contribution in [0, 0.1) is 11.3 Å². The number of aliphatic imine (C=N–C) groups is 1. The van der Waals surface area contributed by atoms with Gasteiger partial charge in [-0.1, -0.05) is 0 Å². The molecule has 5 nitrogen and oxygen atoms in total. The number of dihydropyridines is 1. The summed E-state index contributed by atoms with van der Waals surface area (Å²) in [6, 6.07) is 0. The van der Waals surface area contributed by atoms with Gasteiger partial charge in [0.15, 0.2) is 0 Å². The van der Waals surface area contributed by atoms with Crippen molar-refractivity contribution in [1.82, 2.24) is 0 Å². The SMILES string of the molecule is COC(=O)C1C=NC(=N)C=C1O. The molecule has 0 aliphatic carbocycles. The van der Waals surface area contributed by atoms with Crippen molar-refractivity contribution in [2.24, 2.45) is 10.9 Å². The largest absolute Gasteiger partial charge is 0.511 e. The summed E-state index contributed by atoms with van der Waals surface area (Å²) < 4.78 is 4.39. The van der Waals surface area contributed by atoms with E-state index in [1.165, 1.54) is 13.3 Å².